The molecule has 3 N–H and O–H groups in total. The fraction of sp³-hybridized carbons (Fsp3) is 0.350. The van der Waals surface area contributed by atoms with Crippen LogP contribution in [0.4, 0.5) is 19.4 Å². The van der Waals surface area contributed by atoms with Crippen LogP contribution in [-0.2, 0) is 22.1 Å². The summed E-state index contributed by atoms with van der Waals surface area (Å²) in [6.45, 7) is 0.709. The number of methoxy groups -OCH3 is 1. The number of rotatable bonds is 5. The van der Waals surface area contributed by atoms with Crippen molar-refractivity contribution in [1.29, 1.82) is 0 Å². The lowest BCUT2D eigenvalue weighted by atomic mass is 9.95. The highest BCUT2D eigenvalue weighted by atomic mass is 19.3. The number of anilines is 1. The summed E-state index contributed by atoms with van der Waals surface area (Å²) in [6, 6.07) is 3.63. The van der Waals surface area contributed by atoms with Crippen LogP contribution >= 0.6 is 0 Å². The van der Waals surface area contributed by atoms with Gasteiger partial charge >= 0.3 is 6.03 Å². The van der Waals surface area contributed by atoms with E-state index in [1.165, 1.54) is 19.2 Å². The minimum Gasteiger partial charge on any atom is -0.378 e. The Labute approximate surface area is 171 Å². The number of primary amides is 1. The van der Waals surface area contributed by atoms with Crippen molar-refractivity contribution in [1.82, 2.24) is 14.5 Å². The molecule has 1 atom stereocenters. The highest BCUT2D eigenvalue weighted by Crippen LogP contribution is 2.38. The molecule has 4 rings (SSSR count). The summed E-state index contributed by atoms with van der Waals surface area (Å²) in [7, 11) is 3.34. The zero-order valence-electron chi connectivity index (χ0n) is 16.5. The van der Waals surface area contributed by atoms with Gasteiger partial charge in [-0.25, -0.2) is 23.5 Å². The zero-order chi connectivity index (χ0) is 21.5. The van der Waals surface area contributed by atoms with E-state index in [1.807, 2.05) is 11.6 Å². The average molecular weight is 417 g/mol. The lowest BCUT2D eigenvalue weighted by Gasteiger charge is -2.26. The molecule has 30 heavy (non-hydrogen) atoms. The molecule has 1 aliphatic rings. The number of pyridine rings is 2. The Bertz CT molecular complexity index is 1110. The molecule has 0 unspecified atom stereocenters. The van der Waals surface area contributed by atoms with Gasteiger partial charge in [0.15, 0.2) is 0 Å². The number of urea groups is 1. The number of nitrogens with zero attached hydrogens (tertiary/aromatic N) is 3. The fourth-order valence-corrected chi connectivity index (χ4v) is 3.74. The van der Waals surface area contributed by atoms with E-state index in [0.717, 1.165) is 5.52 Å². The molecule has 0 saturated carbocycles. The normalized spacial score (nSPS) is 19.0. The maximum Gasteiger partial charge on any atom is 0.317 e. The van der Waals surface area contributed by atoms with Gasteiger partial charge in [0, 0.05) is 49.9 Å². The number of ether oxygens (including phenoxy) is 2. The number of halogens is 2. The number of aryl methyl sites for hydroxylation is 1. The van der Waals surface area contributed by atoms with Crippen LogP contribution in [0.2, 0.25) is 0 Å². The Balaban J connectivity index is 1.91. The predicted molar refractivity (Wildman–Crippen MR) is 106 cm³/mol. The summed E-state index contributed by atoms with van der Waals surface area (Å²) in [5, 5.41) is 3.12. The van der Waals surface area contributed by atoms with Gasteiger partial charge in [-0.15, -0.1) is 0 Å². The number of hydrogen-bond donors (Lipinski definition) is 2. The van der Waals surface area contributed by atoms with Crippen molar-refractivity contribution in [3.8, 4) is 11.3 Å². The molecular formula is C20H21F2N5O3. The monoisotopic (exact) mass is 417 g/mol. The van der Waals surface area contributed by atoms with Crippen LogP contribution in [0, 0.1) is 0 Å². The second-order valence-corrected chi connectivity index (χ2v) is 7.20. The first kappa shape index (κ1) is 20.2. The largest absolute Gasteiger partial charge is 0.378 e. The average Bonchev–Trinajstić information content (AvgIpc) is 3.33. The van der Waals surface area contributed by atoms with Gasteiger partial charge in [0.1, 0.15) is 11.4 Å². The minimum atomic E-state index is -2.68. The van der Waals surface area contributed by atoms with Crippen molar-refractivity contribution in [2.75, 3.05) is 25.6 Å². The smallest absolute Gasteiger partial charge is 0.317 e. The van der Waals surface area contributed by atoms with Gasteiger partial charge in [0.25, 0.3) is 6.43 Å². The fourth-order valence-electron chi connectivity index (χ4n) is 3.74. The first-order valence-electron chi connectivity index (χ1n) is 9.28. The van der Waals surface area contributed by atoms with Crippen LogP contribution in [0.25, 0.3) is 22.2 Å². The molecule has 0 spiro atoms. The van der Waals surface area contributed by atoms with Gasteiger partial charge in [0.05, 0.1) is 29.7 Å². The van der Waals surface area contributed by atoms with Crippen LogP contribution in [0.1, 0.15) is 24.1 Å². The third-order valence-corrected chi connectivity index (χ3v) is 5.35. The number of carbonyl (C=O) groups excluding carboxylic acids is 1. The Hall–Kier alpha value is -3.11. The Morgan fingerprint density at radius 1 is 1.40 bits per heavy atom. The van der Waals surface area contributed by atoms with Crippen LogP contribution in [0.15, 0.2) is 30.6 Å². The lowest BCUT2D eigenvalue weighted by molar-refractivity contribution is -0.0247. The molecule has 0 aliphatic carbocycles. The summed E-state index contributed by atoms with van der Waals surface area (Å²) in [5.41, 5.74) is 6.29. The molecule has 1 saturated heterocycles. The van der Waals surface area contributed by atoms with Crippen molar-refractivity contribution < 1.29 is 23.0 Å². The van der Waals surface area contributed by atoms with E-state index in [1.54, 1.807) is 18.5 Å². The van der Waals surface area contributed by atoms with Crippen LogP contribution < -0.4 is 11.1 Å². The van der Waals surface area contributed by atoms with Gasteiger partial charge in [-0.1, -0.05) is 0 Å². The van der Waals surface area contributed by atoms with E-state index in [2.05, 4.69) is 15.3 Å². The molecule has 8 nitrogen and oxygen atoms in total. The van der Waals surface area contributed by atoms with Crippen molar-refractivity contribution in [2.45, 2.75) is 18.4 Å². The van der Waals surface area contributed by atoms with Gasteiger partial charge in [-0.3, -0.25) is 5.32 Å². The predicted octanol–water partition coefficient (Wildman–Crippen LogP) is 3.33. The van der Waals surface area contributed by atoms with Gasteiger partial charge in [-0.05, 0) is 18.2 Å². The van der Waals surface area contributed by atoms with Crippen LogP contribution in [0.5, 0.6) is 0 Å². The number of nitrogens with one attached hydrogen (secondary N) is 1. The Morgan fingerprint density at radius 3 is 2.83 bits per heavy atom. The summed E-state index contributed by atoms with van der Waals surface area (Å²) < 4.78 is 40.3. The molecule has 1 fully saturated rings. The van der Waals surface area contributed by atoms with Gasteiger partial charge < -0.3 is 19.8 Å². The van der Waals surface area contributed by atoms with E-state index in [4.69, 9.17) is 15.2 Å². The lowest BCUT2D eigenvalue weighted by Crippen LogP contribution is -2.30. The second kappa shape index (κ2) is 7.62. The molecule has 0 radical (unpaired) electrons. The number of aromatic nitrogens is 3. The number of fused-ring (bicyclic) bond motifs is 1. The molecule has 3 aromatic rings. The highest BCUT2D eigenvalue weighted by Gasteiger charge is 2.39. The summed E-state index contributed by atoms with van der Waals surface area (Å²) in [5.74, 6) is 0.255. The van der Waals surface area contributed by atoms with E-state index in [9.17, 15) is 13.6 Å². The first-order valence-corrected chi connectivity index (χ1v) is 9.28. The zero-order valence-corrected chi connectivity index (χ0v) is 16.5. The quantitative estimate of drug-likeness (QED) is 0.663. The molecule has 0 bridgehead atoms. The Kier molecular flexibility index (Phi) is 5.12. The first-order chi connectivity index (χ1) is 14.3. The summed E-state index contributed by atoms with van der Waals surface area (Å²) >= 11 is 0. The Morgan fingerprint density at radius 2 is 2.20 bits per heavy atom. The number of hydrogen-bond acceptors (Lipinski definition) is 5. The SMILES string of the molecule is CO[C@@]1(c2cc(C(F)F)cc(-c3cn(C)c4cnc(NC(N)=O)cc34)n2)CCOC1. The molecule has 2 amide bonds. The maximum atomic E-state index is 13.7. The topological polar surface area (TPSA) is 104 Å². The minimum absolute atomic E-state index is 0.153. The van der Waals surface area contributed by atoms with Gasteiger partial charge in [0.2, 0.25) is 0 Å². The number of amides is 2. The highest BCUT2D eigenvalue weighted by molar-refractivity contribution is 5.98. The third-order valence-electron chi connectivity index (χ3n) is 5.35. The summed E-state index contributed by atoms with van der Waals surface area (Å²) in [6.07, 6.45) is 1.20. The summed E-state index contributed by atoms with van der Waals surface area (Å²) in [4.78, 5) is 20.0. The standard InChI is InChI=1S/C20H21F2N5O3/c1-27-9-13(12-7-17(26-19(23)28)24-8-15(12)27)14-5-11(18(21)22)6-16(25-14)20(29-2)3-4-30-10-20/h5-9,18H,3-4,10H2,1-2H3,(H3,23,24,26,28)/t20-/m0/s1. The molecular weight excluding hydrogens is 396 g/mol. The second-order valence-electron chi connectivity index (χ2n) is 7.20. The molecule has 1 aliphatic heterocycles. The van der Waals surface area contributed by atoms with Crippen molar-refractivity contribution >= 4 is 22.8 Å². The number of alkyl halides is 2. The molecule has 158 valence electrons. The maximum absolute atomic E-state index is 13.7. The number of nitrogens with two attached hydrogens (primary N) is 1. The number of carbonyl (C=O) groups is 1. The van der Waals surface area contributed by atoms with E-state index in [-0.39, 0.29) is 18.0 Å². The van der Waals surface area contributed by atoms with E-state index < -0.39 is 18.1 Å². The van der Waals surface area contributed by atoms with Crippen molar-refractivity contribution in [3.05, 3.63) is 41.9 Å². The molecule has 10 heteroatoms. The van der Waals surface area contributed by atoms with Crippen molar-refractivity contribution in [2.24, 2.45) is 12.8 Å². The van der Waals surface area contributed by atoms with Gasteiger partial charge in [-0.2, -0.15) is 0 Å². The van der Waals surface area contributed by atoms with Crippen LogP contribution in [0.3, 0.4) is 0 Å². The molecule has 3 aromatic heterocycles. The third kappa shape index (κ3) is 3.48. The van der Waals surface area contributed by atoms with Crippen LogP contribution in [-0.4, -0.2) is 40.9 Å². The molecule has 4 heterocycles. The van der Waals surface area contributed by atoms with E-state index >= 15 is 0 Å². The molecule has 0 aromatic carbocycles. The van der Waals surface area contributed by atoms with E-state index in [0.29, 0.717) is 35.4 Å². The van der Waals surface area contributed by atoms with Crippen molar-refractivity contribution in [3.63, 3.8) is 0 Å².